The number of ether oxygens (including phenoxy) is 1. The van der Waals surface area contributed by atoms with Crippen molar-refractivity contribution < 1.29 is 14.9 Å². The van der Waals surface area contributed by atoms with Crippen LogP contribution in [-0.2, 0) is 6.61 Å². The van der Waals surface area contributed by atoms with E-state index in [1.54, 1.807) is 12.1 Å². The second-order valence-corrected chi connectivity index (χ2v) is 4.45. The maximum Gasteiger partial charge on any atom is 0.119 e. The number of hydrogen-bond acceptors (Lipinski definition) is 3. The van der Waals surface area contributed by atoms with Gasteiger partial charge in [-0.25, -0.2) is 0 Å². The molecule has 2 N–H and O–H groups in total. The first-order chi connectivity index (χ1) is 9.19. The quantitative estimate of drug-likeness (QED) is 0.864. The smallest absolute Gasteiger partial charge is 0.119 e. The normalized spacial score (nSPS) is 12.1. The van der Waals surface area contributed by atoms with Gasteiger partial charge in [-0.2, -0.15) is 0 Å². The van der Waals surface area contributed by atoms with Gasteiger partial charge in [0.25, 0.3) is 0 Å². The molecule has 3 nitrogen and oxygen atoms in total. The molecule has 0 unspecified atom stereocenters. The molecule has 2 aromatic carbocycles. The summed E-state index contributed by atoms with van der Waals surface area (Å²) in [6.45, 7) is 2.40. The van der Waals surface area contributed by atoms with Gasteiger partial charge in [-0.15, -0.1) is 0 Å². The molecule has 0 saturated carbocycles. The van der Waals surface area contributed by atoms with Crippen molar-refractivity contribution in [3.05, 3.63) is 59.7 Å². The van der Waals surface area contributed by atoms with Gasteiger partial charge in [0, 0.05) is 0 Å². The molecule has 0 aromatic heterocycles. The van der Waals surface area contributed by atoms with Gasteiger partial charge in [0.1, 0.15) is 18.1 Å². The molecule has 0 bridgehead atoms. The summed E-state index contributed by atoms with van der Waals surface area (Å²) in [7, 11) is 0. The number of benzene rings is 2. The van der Waals surface area contributed by atoms with E-state index < -0.39 is 6.10 Å². The molecule has 100 valence electrons. The minimum Gasteiger partial charge on any atom is -0.508 e. The summed E-state index contributed by atoms with van der Waals surface area (Å²) < 4.78 is 5.64. The fourth-order valence-corrected chi connectivity index (χ4v) is 1.78. The Hall–Kier alpha value is -2.00. The van der Waals surface area contributed by atoms with Crippen molar-refractivity contribution in [2.24, 2.45) is 0 Å². The lowest BCUT2D eigenvalue weighted by molar-refractivity contribution is 0.173. The maximum atomic E-state index is 9.69. The monoisotopic (exact) mass is 258 g/mol. The predicted molar refractivity (Wildman–Crippen MR) is 74.1 cm³/mol. The van der Waals surface area contributed by atoms with Gasteiger partial charge in [0.05, 0.1) is 6.10 Å². The number of aliphatic hydroxyl groups is 1. The molecule has 0 aliphatic carbocycles. The minimum atomic E-state index is -0.411. The molecule has 0 saturated heterocycles. The van der Waals surface area contributed by atoms with Crippen molar-refractivity contribution in [2.75, 3.05) is 0 Å². The first-order valence-electron chi connectivity index (χ1n) is 6.37. The zero-order valence-corrected chi connectivity index (χ0v) is 10.9. The van der Waals surface area contributed by atoms with E-state index in [4.69, 9.17) is 4.74 Å². The summed E-state index contributed by atoms with van der Waals surface area (Å²) >= 11 is 0. The van der Waals surface area contributed by atoms with Crippen LogP contribution < -0.4 is 4.74 Å². The molecule has 2 aromatic rings. The zero-order valence-electron chi connectivity index (χ0n) is 10.9. The number of phenolic OH excluding ortho intramolecular Hbond substituents is 1. The summed E-state index contributed by atoms with van der Waals surface area (Å²) in [6, 6.07) is 14.4. The Morgan fingerprint density at radius 2 is 1.63 bits per heavy atom. The Balaban J connectivity index is 1.94. The Morgan fingerprint density at radius 1 is 1.00 bits per heavy atom. The second-order valence-electron chi connectivity index (χ2n) is 4.45. The molecule has 19 heavy (non-hydrogen) atoms. The molecule has 0 heterocycles. The van der Waals surface area contributed by atoms with Gasteiger partial charge in [-0.3, -0.25) is 0 Å². The van der Waals surface area contributed by atoms with Gasteiger partial charge < -0.3 is 14.9 Å². The average molecular weight is 258 g/mol. The number of phenols is 1. The summed E-state index contributed by atoms with van der Waals surface area (Å²) in [5.41, 5.74) is 1.90. The Kier molecular flexibility index (Phi) is 4.42. The van der Waals surface area contributed by atoms with E-state index >= 15 is 0 Å². The van der Waals surface area contributed by atoms with Crippen LogP contribution in [0.3, 0.4) is 0 Å². The third-order valence-corrected chi connectivity index (χ3v) is 2.99. The fraction of sp³-hybridized carbons (Fsp3) is 0.250. The first kappa shape index (κ1) is 13.4. The van der Waals surface area contributed by atoms with Gasteiger partial charge in [0.15, 0.2) is 0 Å². The predicted octanol–water partition coefficient (Wildman–Crippen LogP) is 3.41. The lowest BCUT2D eigenvalue weighted by atomic mass is 10.1. The van der Waals surface area contributed by atoms with Gasteiger partial charge in [-0.05, 0) is 41.8 Å². The largest absolute Gasteiger partial charge is 0.508 e. The van der Waals surface area contributed by atoms with Crippen molar-refractivity contribution >= 4 is 0 Å². The van der Waals surface area contributed by atoms with Crippen LogP contribution in [0.15, 0.2) is 48.5 Å². The molecule has 0 radical (unpaired) electrons. The van der Waals surface area contributed by atoms with Gasteiger partial charge in [-0.1, -0.05) is 31.2 Å². The van der Waals surface area contributed by atoms with Crippen molar-refractivity contribution in [3.8, 4) is 11.5 Å². The fourth-order valence-electron chi connectivity index (χ4n) is 1.78. The molecule has 0 spiro atoms. The van der Waals surface area contributed by atoms with Crippen LogP contribution in [0.5, 0.6) is 11.5 Å². The van der Waals surface area contributed by atoms with Crippen LogP contribution in [0.4, 0.5) is 0 Å². The zero-order chi connectivity index (χ0) is 13.7. The van der Waals surface area contributed by atoms with E-state index in [-0.39, 0.29) is 5.75 Å². The number of aliphatic hydroxyl groups excluding tert-OH is 1. The molecule has 0 amide bonds. The summed E-state index contributed by atoms with van der Waals surface area (Å²) in [5, 5.41) is 18.9. The molecule has 0 fully saturated rings. The van der Waals surface area contributed by atoms with Crippen LogP contribution in [0.2, 0.25) is 0 Å². The third kappa shape index (κ3) is 3.73. The Morgan fingerprint density at radius 3 is 2.21 bits per heavy atom. The molecule has 0 aliphatic heterocycles. The van der Waals surface area contributed by atoms with Crippen LogP contribution >= 0.6 is 0 Å². The number of hydrogen-bond donors (Lipinski definition) is 2. The molecule has 0 aliphatic rings. The van der Waals surface area contributed by atoms with Gasteiger partial charge >= 0.3 is 0 Å². The molecular weight excluding hydrogens is 240 g/mol. The molecule has 3 heteroatoms. The highest BCUT2D eigenvalue weighted by Gasteiger charge is 2.04. The summed E-state index contributed by atoms with van der Waals surface area (Å²) in [5.74, 6) is 1.02. The van der Waals surface area contributed by atoms with Crippen LogP contribution in [0.1, 0.15) is 30.6 Å². The number of rotatable bonds is 5. The van der Waals surface area contributed by atoms with E-state index in [2.05, 4.69) is 0 Å². The van der Waals surface area contributed by atoms with Crippen LogP contribution in [0, 0.1) is 0 Å². The molecule has 1 atom stereocenters. The van der Waals surface area contributed by atoms with E-state index in [1.807, 2.05) is 43.3 Å². The van der Waals surface area contributed by atoms with Crippen molar-refractivity contribution in [1.29, 1.82) is 0 Å². The maximum absolute atomic E-state index is 9.69. The van der Waals surface area contributed by atoms with Crippen molar-refractivity contribution in [3.63, 3.8) is 0 Å². The van der Waals surface area contributed by atoms with E-state index in [0.29, 0.717) is 13.0 Å². The summed E-state index contributed by atoms with van der Waals surface area (Å²) in [4.78, 5) is 0. The van der Waals surface area contributed by atoms with Crippen LogP contribution in [-0.4, -0.2) is 10.2 Å². The van der Waals surface area contributed by atoms with Gasteiger partial charge in [0.2, 0.25) is 0 Å². The lowest BCUT2D eigenvalue weighted by Crippen LogP contribution is -1.97. The van der Waals surface area contributed by atoms with E-state index in [0.717, 1.165) is 16.9 Å². The number of aromatic hydroxyl groups is 1. The summed E-state index contributed by atoms with van der Waals surface area (Å²) in [6.07, 6.45) is 0.291. The van der Waals surface area contributed by atoms with Crippen molar-refractivity contribution in [1.82, 2.24) is 0 Å². The van der Waals surface area contributed by atoms with E-state index in [9.17, 15) is 10.2 Å². The minimum absolute atomic E-state index is 0.252. The highest BCUT2D eigenvalue weighted by atomic mass is 16.5. The Labute approximate surface area is 113 Å². The highest BCUT2D eigenvalue weighted by Crippen LogP contribution is 2.20. The average Bonchev–Trinajstić information content (AvgIpc) is 2.46. The topological polar surface area (TPSA) is 49.7 Å². The second kappa shape index (κ2) is 6.25. The van der Waals surface area contributed by atoms with E-state index in [1.165, 1.54) is 0 Å². The SMILES string of the molecule is CC[C@H](O)c1ccc(OCc2ccc(O)cc2)cc1. The molecular formula is C16H18O3. The van der Waals surface area contributed by atoms with Crippen LogP contribution in [0.25, 0.3) is 0 Å². The standard InChI is InChI=1S/C16H18O3/c1-2-16(18)13-5-9-15(10-6-13)19-11-12-3-7-14(17)8-4-12/h3-10,16-18H,2,11H2,1H3/t16-/m0/s1. The first-order valence-corrected chi connectivity index (χ1v) is 6.37. The molecule has 2 rings (SSSR count). The highest BCUT2D eigenvalue weighted by molar-refractivity contribution is 5.29. The lowest BCUT2D eigenvalue weighted by Gasteiger charge is -2.10. The Bertz CT molecular complexity index is 503. The van der Waals surface area contributed by atoms with Crippen molar-refractivity contribution in [2.45, 2.75) is 26.1 Å². The third-order valence-electron chi connectivity index (χ3n) is 2.99.